The summed E-state index contributed by atoms with van der Waals surface area (Å²) in [5, 5.41) is 0. The van der Waals surface area contributed by atoms with Crippen LogP contribution in [-0.2, 0) is 0 Å². The molecule has 2 fully saturated rings. The van der Waals surface area contributed by atoms with Gasteiger partial charge in [-0.05, 0) is 90.0 Å². The Balaban J connectivity index is 1.27. The van der Waals surface area contributed by atoms with Crippen molar-refractivity contribution in [2.75, 3.05) is 32.4 Å². The van der Waals surface area contributed by atoms with Gasteiger partial charge in [0, 0.05) is 46.6 Å². The van der Waals surface area contributed by atoms with E-state index in [-0.39, 0.29) is 11.7 Å². The van der Waals surface area contributed by atoms with Crippen LogP contribution in [0.15, 0.2) is 47.6 Å². The van der Waals surface area contributed by atoms with Crippen LogP contribution in [0, 0.1) is 5.82 Å². The average molecular weight is 467 g/mol. The van der Waals surface area contributed by atoms with Crippen molar-refractivity contribution in [2.45, 2.75) is 62.4 Å². The number of halogens is 1. The van der Waals surface area contributed by atoms with E-state index in [9.17, 15) is 0 Å². The maximum absolute atomic E-state index is 15.1. The third-order valence-electron chi connectivity index (χ3n) is 7.67. The normalized spacial score (nSPS) is 19.7. The average Bonchev–Trinajstić information content (AvgIpc) is 3.26. The zero-order valence-corrected chi connectivity index (χ0v) is 20.8. The molecule has 4 heterocycles. The minimum Gasteiger partial charge on any atom is -0.306 e. The maximum atomic E-state index is 15.1. The summed E-state index contributed by atoms with van der Waals surface area (Å²) in [4.78, 5) is 11.2. The molecule has 33 heavy (non-hydrogen) atoms. The van der Waals surface area contributed by atoms with Crippen molar-refractivity contribution in [3.05, 3.63) is 54.1 Å². The zero-order chi connectivity index (χ0) is 22.9. The van der Waals surface area contributed by atoms with Gasteiger partial charge in [0.05, 0.1) is 5.69 Å². The maximum Gasteiger partial charge on any atom is 0.140 e. The SMILES string of the molecule is CSc1ccc(-c2cn3cc(C4CCN(C5CCN(C(C)C)CC5)CC4)c(F)cc3n2)cc1. The van der Waals surface area contributed by atoms with Gasteiger partial charge in [0.25, 0.3) is 0 Å². The number of thioether (sulfide) groups is 1. The van der Waals surface area contributed by atoms with Crippen molar-refractivity contribution in [1.29, 1.82) is 0 Å². The van der Waals surface area contributed by atoms with Crippen molar-refractivity contribution in [3.63, 3.8) is 0 Å². The van der Waals surface area contributed by atoms with Gasteiger partial charge in [0.2, 0.25) is 0 Å². The van der Waals surface area contributed by atoms with E-state index in [0.717, 1.165) is 42.8 Å². The molecule has 6 heteroatoms. The first-order valence-electron chi connectivity index (χ1n) is 12.3. The summed E-state index contributed by atoms with van der Waals surface area (Å²) in [7, 11) is 0. The van der Waals surface area contributed by atoms with Crippen LogP contribution in [0.2, 0.25) is 0 Å². The number of hydrogen-bond acceptors (Lipinski definition) is 4. The van der Waals surface area contributed by atoms with E-state index in [0.29, 0.717) is 17.7 Å². The van der Waals surface area contributed by atoms with E-state index in [4.69, 9.17) is 0 Å². The molecule has 1 aromatic carbocycles. The zero-order valence-electron chi connectivity index (χ0n) is 20.0. The fourth-order valence-corrected chi connectivity index (χ4v) is 5.98. The molecule has 0 radical (unpaired) electrons. The Morgan fingerprint density at radius 3 is 2.30 bits per heavy atom. The number of benzene rings is 1. The first-order valence-corrected chi connectivity index (χ1v) is 13.5. The molecule has 2 saturated heterocycles. The van der Waals surface area contributed by atoms with E-state index in [2.05, 4.69) is 59.2 Å². The lowest BCUT2D eigenvalue weighted by Crippen LogP contribution is -2.48. The smallest absolute Gasteiger partial charge is 0.140 e. The minimum absolute atomic E-state index is 0.110. The monoisotopic (exact) mass is 466 g/mol. The van der Waals surface area contributed by atoms with Crippen LogP contribution in [-0.4, -0.2) is 63.7 Å². The lowest BCUT2D eigenvalue weighted by Gasteiger charge is -2.42. The number of aromatic nitrogens is 2. The largest absolute Gasteiger partial charge is 0.306 e. The van der Waals surface area contributed by atoms with Gasteiger partial charge in [0.15, 0.2) is 0 Å². The molecule has 0 saturated carbocycles. The van der Waals surface area contributed by atoms with Crippen molar-refractivity contribution >= 4 is 17.4 Å². The lowest BCUT2D eigenvalue weighted by atomic mass is 9.88. The quantitative estimate of drug-likeness (QED) is 0.436. The Morgan fingerprint density at radius 2 is 1.67 bits per heavy atom. The summed E-state index contributed by atoms with van der Waals surface area (Å²) in [5.74, 6) is 0.175. The summed E-state index contributed by atoms with van der Waals surface area (Å²) in [5.41, 5.74) is 3.48. The summed E-state index contributed by atoms with van der Waals surface area (Å²) in [6.45, 7) is 9.15. The number of likely N-dealkylation sites (tertiary alicyclic amines) is 2. The van der Waals surface area contributed by atoms with Crippen LogP contribution in [0.4, 0.5) is 4.39 Å². The lowest BCUT2D eigenvalue weighted by molar-refractivity contribution is 0.0750. The van der Waals surface area contributed by atoms with Crippen LogP contribution in [0.25, 0.3) is 16.9 Å². The highest BCUT2D eigenvalue weighted by Crippen LogP contribution is 2.33. The molecular weight excluding hydrogens is 431 g/mol. The number of fused-ring (bicyclic) bond motifs is 1. The van der Waals surface area contributed by atoms with Crippen LogP contribution in [0.1, 0.15) is 51.0 Å². The standard InChI is InChI=1S/C27H35FN4S/c1-19(2)30-14-10-22(11-15-30)31-12-8-20(9-13-31)24-17-32-18-26(29-27(32)16-25(24)28)21-4-6-23(33-3)7-5-21/h4-7,16-20,22H,8-15H2,1-3H3. The van der Waals surface area contributed by atoms with Crippen LogP contribution < -0.4 is 0 Å². The van der Waals surface area contributed by atoms with Gasteiger partial charge in [-0.15, -0.1) is 11.8 Å². The van der Waals surface area contributed by atoms with Gasteiger partial charge in [0.1, 0.15) is 11.5 Å². The molecule has 5 rings (SSSR count). The van der Waals surface area contributed by atoms with Gasteiger partial charge in [-0.1, -0.05) is 12.1 Å². The summed E-state index contributed by atoms with van der Waals surface area (Å²) >= 11 is 1.73. The number of imidazole rings is 1. The highest BCUT2D eigenvalue weighted by Gasteiger charge is 2.30. The molecule has 0 N–H and O–H groups in total. The predicted molar refractivity (Wildman–Crippen MR) is 136 cm³/mol. The Labute approximate surface area is 201 Å². The Kier molecular flexibility index (Phi) is 6.77. The fraction of sp³-hybridized carbons (Fsp3) is 0.519. The molecule has 3 aromatic rings. The minimum atomic E-state index is -0.110. The second-order valence-electron chi connectivity index (χ2n) is 9.87. The first-order chi connectivity index (χ1) is 16.0. The summed E-state index contributed by atoms with van der Waals surface area (Å²) in [6, 6.07) is 11.4. The number of piperidine rings is 2. The van der Waals surface area contributed by atoms with Gasteiger partial charge >= 0.3 is 0 Å². The van der Waals surface area contributed by atoms with E-state index in [1.54, 1.807) is 17.8 Å². The van der Waals surface area contributed by atoms with Gasteiger partial charge in [-0.3, -0.25) is 0 Å². The van der Waals surface area contributed by atoms with Crippen molar-refractivity contribution in [3.8, 4) is 11.3 Å². The predicted octanol–water partition coefficient (Wildman–Crippen LogP) is 5.91. The molecule has 0 bridgehead atoms. The first kappa shape index (κ1) is 22.9. The highest BCUT2D eigenvalue weighted by molar-refractivity contribution is 7.98. The van der Waals surface area contributed by atoms with Crippen molar-refractivity contribution in [2.24, 2.45) is 0 Å². The number of hydrogen-bond donors (Lipinski definition) is 0. The number of pyridine rings is 1. The third-order valence-corrected chi connectivity index (χ3v) is 8.42. The second kappa shape index (κ2) is 9.77. The Hall–Kier alpha value is -1.89. The molecule has 4 nitrogen and oxygen atoms in total. The fourth-order valence-electron chi connectivity index (χ4n) is 5.57. The van der Waals surface area contributed by atoms with Crippen molar-refractivity contribution in [1.82, 2.24) is 19.2 Å². The van der Waals surface area contributed by atoms with E-state index in [1.165, 1.54) is 30.8 Å². The van der Waals surface area contributed by atoms with E-state index >= 15 is 4.39 Å². The molecule has 176 valence electrons. The Morgan fingerprint density at radius 1 is 0.970 bits per heavy atom. The molecule has 0 aliphatic carbocycles. The molecule has 0 atom stereocenters. The second-order valence-corrected chi connectivity index (χ2v) is 10.7. The Bertz CT molecular complexity index is 1080. The molecule has 2 aromatic heterocycles. The van der Waals surface area contributed by atoms with Crippen LogP contribution in [0.5, 0.6) is 0 Å². The number of rotatable bonds is 5. The molecule has 0 spiro atoms. The molecular formula is C27H35FN4S. The topological polar surface area (TPSA) is 23.8 Å². The highest BCUT2D eigenvalue weighted by atomic mass is 32.2. The molecule has 0 unspecified atom stereocenters. The summed E-state index contributed by atoms with van der Waals surface area (Å²) < 4.78 is 17.1. The van der Waals surface area contributed by atoms with E-state index in [1.807, 2.05) is 16.8 Å². The van der Waals surface area contributed by atoms with Gasteiger partial charge in [-0.2, -0.15) is 0 Å². The van der Waals surface area contributed by atoms with Crippen LogP contribution >= 0.6 is 11.8 Å². The summed E-state index contributed by atoms with van der Waals surface area (Å²) in [6.07, 6.45) is 10.7. The molecule has 2 aliphatic heterocycles. The van der Waals surface area contributed by atoms with E-state index < -0.39 is 0 Å². The third kappa shape index (κ3) is 4.84. The molecule has 0 amide bonds. The number of nitrogens with zero attached hydrogens (tertiary/aromatic N) is 4. The van der Waals surface area contributed by atoms with Gasteiger partial charge in [-0.25, -0.2) is 9.37 Å². The van der Waals surface area contributed by atoms with Crippen LogP contribution in [0.3, 0.4) is 0 Å². The molecule has 2 aliphatic rings. The van der Waals surface area contributed by atoms with Gasteiger partial charge < -0.3 is 14.2 Å². The van der Waals surface area contributed by atoms with Crippen molar-refractivity contribution < 1.29 is 4.39 Å².